The summed E-state index contributed by atoms with van der Waals surface area (Å²) in [5.41, 5.74) is 4.55. The molecule has 170 valence electrons. The maximum Gasteiger partial charge on any atom is 0.407 e. The summed E-state index contributed by atoms with van der Waals surface area (Å²) in [5.74, 6) is -0.904. The predicted molar refractivity (Wildman–Crippen MR) is 125 cm³/mol. The second-order valence-corrected chi connectivity index (χ2v) is 8.80. The van der Waals surface area contributed by atoms with Crippen LogP contribution in [0.5, 0.6) is 0 Å². The van der Waals surface area contributed by atoms with Gasteiger partial charge in [-0.25, -0.2) is 9.59 Å². The molecule has 7 nitrogen and oxygen atoms in total. The highest BCUT2D eigenvalue weighted by molar-refractivity contribution is 7.98. The average molecular weight is 457 g/mol. The van der Waals surface area contributed by atoms with Gasteiger partial charge in [-0.2, -0.15) is 11.8 Å². The van der Waals surface area contributed by atoms with E-state index in [1.54, 1.807) is 6.92 Å². The minimum atomic E-state index is -1.07. The van der Waals surface area contributed by atoms with Gasteiger partial charge in [0, 0.05) is 18.4 Å². The van der Waals surface area contributed by atoms with Crippen LogP contribution in [0.4, 0.5) is 4.79 Å². The number of alkyl carbamates (subject to hydrolysis) is 1. The molecule has 3 rings (SSSR count). The largest absolute Gasteiger partial charge is 0.480 e. The number of thioether (sulfide) groups is 1. The Labute approximate surface area is 191 Å². The normalized spacial score (nSPS) is 14.1. The van der Waals surface area contributed by atoms with Crippen molar-refractivity contribution >= 4 is 29.7 Å². The quantitative estimate of drug-likeness (QED) is 0.504. The van der Waals surface area contributed by atoms with Crippen molar-refractivity contribution in [3.63, 3.8) is 0 Å². The maximum absolute atomic E-state index is 12.3. The Bertz CT molecular complexity index is 935. The second-order valence-electron chi connectivity index (χ2n) is 7.81. The van der Waals surface area contributed by atoms with E-state index in [9.17, 15) is 19.5 Å². The number of aliphatic carboxylic acids is 1. The van der Waals surface area contributed by atoms with Gasteiger partial charge in [0.05, 0.1) is 0 Å². The zero-order valence-corrected chi connectivity index (χ0v) is 19.0. The topological polar surface area (TPSA) is 105 Å². The van der Waals surface area contributed by atoms with Gasteiger partial charge in [-0.3, -0.25) is 4.79 Å². The molecule has 1 aliphatic carbocycles. The number of ether oxygens (including phenoxy) is 1. The van der Waals surface area contributed by atoms with Crippen molar-refractivity contribution in [1.29, 1.82) is 0 Å². The maximum atomic E-state index is 12.3. The van der Waals surface area contributed by atoms with Crippen molar-refractivity contribution in [2.75, 3.05) is 18.6 Å². The highest BCUT2D eigenvalue weighted by Gasteiger charge is 2.29. The summed E-state index contributed by atoms with van der Waals surface area (Å²) in [6.07, 6.45) is 1.58. The van der Waals surface area contributed by atoms with Crippen LogP contribution in [-0.4, -0.2) is 53.8 Å². The van der Waals surface area contributed by atoms with E-state index in [-0.39, 0.29) is 18.9 Å². The molecule has 3 N–H and O–H groups in total. The molecule has 0 saturated carbocycles. The van der Waals surface area contributed by atoms with E-state index in [2.05, 4.69) is 22.8 Å². The highest BCUT2D eigenvalue weighted by Crippen LogP contribution is 2.44. The number of hydrogen-bond donors (Lipinski definition) is 3. The van der Waals surface area contributed by atoms with Crippen molar-refractivity contribution in [2.45, 2.75) is 37.8 Å². The van der Waals surface area contributed by atoms with E-state index in [1.807, 2.05) is 42.7 Å². The van der Waals surface area contributed by atoms with Gasteiger partial charge in [-0.1, -0.05) is 48.5 Å². The summed E-state index contributed by atoms with van der Waals surface area (Å²) in [6, 6.07) is 14.7. The number of fused-ring (bicyclic) bond motifs is 3. The first-order chi connectivity index (χ1) is 15.4. The fraction of sp³-hybridized carbons (Fsp3) is 0.375. The number of rotatable bonds is 10. The Morgan fingerprint density at radius 3 is 2.19 bits per heavy atom. The van der Waals surface area contributed by atoms with Crippen LogP contribution in [-0.2, 0) is 14.3 Å². The Morgan fingerprint density at radius 2 is 1.62 bits per heavy atom. The molecule has 32 heavy (non-hydrogen) atoms. The molecule has 2 aromatic rings. The van der Waals surface area contributed by atoms with E-state index < -0.39 is 30.1 Å². The molecule has 0 radical (unpaired) electrons. The van der Waals surface area contributed by atoms with Crippen LogP contribution in [0.3, 0.4) is 0 Å². The summed E-state index contributed by atoms with van der Waals surface area (Å²) < 4.78 is 5.49. The van der Waals surface area contributed by atoms with Crippen molar-refractivity contribution in [2.24, 2.45) is 0 Å². The number of carbonyl (C=O) groups is 3. The Morgan fingerprint density at radius 1 is 1.03 bits per heavy atom. The lowest BCUT2D eigenvalue weighted by molar-refractivity contribution is -0.141. The Kier molecular flexibility index (Phi) is 8.16. The molecule has 2 atom stereocenters. The van der Waals surface area contributed by atoms with Gasteiger partial charge in [0.15, 0.2) is 0 Å². The second kappa shape index (κ2) is 11.0. The van der Waals surface area contributed by atoms with Gasteiger partial charge in [0.25, 0.3) is 0 Å². The van der Waals surface area contributed by atoms with Crippen molar-refractivity contribution in [1.82, 2.24) is 10.6 Å². The van der Waals surface area contributed by atoms with Gasteiger partial charge < -0.3 is 20.5 Å². The van der Waals surface area contributed by atoms with Crippen LogP contribution in [0.2, 0.25) is 0 Å². The third-order valence-electron chi connectivity index (χ3n) is 5.44. The van der Waals surface area contributed by atoms with Gasteiger partial charge in [-0.05, 0) is 47.6 Å². The van der Waals surface area contributed by atoms with E-state index in [0.717, 1.165) is 22.3 Å². The van der Waals surface area contributed by atoms with E-state index in [0.29, 0.717) is 12.2 Å². The van der Waals surface area contributed by atoms with Crippen molar-refractivity contribution < 1.29 is 24.2 Å². The fourth-order valence-electron chi connectivity index (χ4n) is 3.92. The standard InChI is InChI=1S/C24H28N2O5S/c1-15(13-22(27)26-21(23(28)29)11-12-32-2)25-24(30)31-14-20-18-9-5-3-7-16(18)17-8-4-6-10-19(17)20/h3-10,15,20-21H,11-14H2,1-2H3,(H,25,30)(H,26,27)(H,28,29)/t15-,21?/m1/s1. The smallest absolute Gasteiger partial charge is 0.407 e. The number of carbonyl (C=O) groups excluding carboxylic acids is 2. The molecular weight excluding hydrogens is 428 g/mol. The first-order valence-corrected chi connectivity index (χ1v) is 11.9. The molecule has 0 fully saturated rings. The van der Waals surface area contributed by atoms with Crippen LogP contribution in [0.1, 0.15) is 36.8 Å². The minimum absolute atomic E-state index is 0.0345. The molecule has 0 aliphatic heterocycles. The SMILES string of the molecule is CSCCC(NC(=O)C[C@@H](C)NC(=O)OCC1c2ccccc2-c2ccccc21)C(=O)O. The molecule has 0 heterocycles. The zero-order chi connectivity index (χ0) is 23.1. The summed E-state index contributed by atoms with van der Waals surface area (Å²) in [5, 5.41) is 14.4. The summed E-state index contributed by atoms with van der Waals surface area (Å²) in [4.78, 5) is 35.8. The molecular formula is C24H28N2O5S. The Balaban J connectivity index is 1.51. The summed E-state index contributed by atoms with van der Waals surface area (Å²) in [7, 11) is 0. The molecule has 1 unspecified atom stereocenters. The van der Waals surface area contributed by atoms with Crippen LogP contribution >= 0.6 is 11.8 Å². The number of carboxylic acids is 1. The number of amides is 2. The summed E-state index contributed by atoms with van der Waals surface area (Å²) in [6.45, 7) is 1.87. The van der Waals surface area contributed by atoms with Gasteiger partial charge >= 0.3 is 12.1 Å². The molecule has 2 amide bonds. The number of nitrogens with one attached hydrogen (secondary N) is 2. The van der Waals surface area contributed by atoms with Crippen molar-refractivity contribution in [3.8, 4) is 11.1 Å². The lowest BCUT2D eigenvalue weighted by atomic mass is 9.98. The third-order valence-corrected chi connectivity index (χ3v) is 6.09. The minimum Gasteiger partial charge on any atom is -0.480 e. The van der Waals surface area contributed by atoms with Crippen LogP contribution in [0.25, 0.3) is 11.1 Å². The monoisotopic (exact) mass is 456 g/mol. The van der Waals surface area contributed by atoms with Crippen LogP contribution in [0, 0.1) is 0 Å². The average Bonchev–Trinajstić information content (AvgIpc) is 3.08. The van der Waals surface area contributed by atoms with Crippen molar-refractivity contribution in [3.05, 3.63) is 59.7 Å². The zero-order valence-electron chi connectivity index (χ0n) is 18.2. The molecule has 0 spiro atoms. The summed E-state index contributed by atoms with van der Waals surface area (Å²) >= 11 is 1.52. The molecule has 0 aromatic heterocycles. The van der Waals surface area contributed by atoms with Gasteiger partial charge in [0.2, 0.25) is 5.91 Å². The molecule has 1 aliphatic rings. The third kappa shape index (κ3) is 5.82. The van der Waals surface area contributed by atoms with Gasteiger partial charge in [-0.15, -0.1) is 0 Å². The number of hydrogen-bond acceptors (Lipinski definition) is 5. The predicted octanol–water partition coefficient (Wildman–Crippen LogP) is 3.63. The molecule has 0 saturated heterocycles. The number of carboxylic acid groups (broad SMARTS) is 1. The highest BCUT2D eigenvalue weighted by atomic mass is 32.2. The molecule has 0 bridgehead atoms. The van der Waals surface area contributed by atoms with Gasteiger partial charge in [0.1, 0.15) is 12.6 Å². The first-order valence-electron chi connectivity index (χ1n) is 10.5. The van der Waals surface area contributed by atoms with E-state index in [4.69, 9.17) is 4.74 Å². The Hall–Kier alpha value is -3.00. The molecule has 2 aromatic carbocycles. The van der Waals surface area contributed by atoms with E-state index in [1.165, 1.54) is 11.8 Å². The lowest BCUT2D eigenvalue weighted by Gasteiger charge is -2.18. The van der Waals surface area contributed by atoms with Crippen LogP contribution < -0.4 is 10.6 Å². The number of benzene rings is 2. The fourth-order valence-corrected chi connectivity index (χ4v) is 4.39. The first kappa shape index (κ1) is 23.7. The van der Waals surface area contributed by atoms with Crippen LogP contribution in [0.15, 0.2) is 48.5 Å². The molecule has 8 heteroatoms. The van der Waals surface area contributed by atoms with E-state index >= 15 is 0 Å². The lowest BCUT2D eigenvalue weighted by Crippen LogP contribution is -2.44.